The summed E-state index contributed by atoms with van der Waals surface area (Å²) in [4.78, 5) is 14.7. The van der Waals surface area contributed by atoms with Crippen molar-refractivity contribution in [2.75, 3.05) is 39.9 Å². The molecule has 1 spiro atoms. The van der Waals surface area contributed by atoms with Gasteiger partial charge in [0, 0.05) is 32.7 Å². The fourth-order valence-electron chi connectivity index (χ4n) is 4.13. The summed E-state index contributed by atoms with van der Waals surface area (Å²) in [5, 5.41) is 3.33. The number of methoxy groups -OCH3 is 1. The number of rotatable bonds is 2. The Hall–Kier alpha value is -0.650. The average Bonchev–Trinajstić information content (AvgIpc) is 2.56. The molecule has 3 saturated heterocycles. The van der Waals surface area contributed by atoms with Crippen molar-refractivity contribution in [2.24, 2.45) is 5.92 Å². The van der Waals surface area contributed by atoms with Crippen molar-refractivity contribution in [3.05, 3.63) is 0 Å². The van der Waals surface area contributed by atoms with Crippen LogP contribution in [-0.2, 0) is 14.3 Å². The van der Waals surface area contributed by atoms with Gasteiger partial charge in [-0.15, -0.1) is 0 Å². The molecule has 120 valence electrons. The number of nitrogens with zero attached hydrogens (tertiary/aromatic N) is 1. The highest BCUT2D eigenvalue weighted by atomic mass is 16.5. The van der Waals surface area contributed by atoms with E-state index in [1.54, 1.807) is 7.11 Å². The van der Waals surface area contributed by atoms with Crippen LogP contribution < -0.4 is 5.32 Å². The number of likely N-dealkylation sites (tertiary alicyclic amines) is 1. The van der Waals surface area contributed by atoms with E-state index in [9.17, 15) is 4.79 Å². The van der Waals surface area contributed by atoms with Crippen molar-refractivity contribution < 1.29 is 14.3 Å². The van der Waals surface area contributed by atoms with E-state index in [0.29, 0.717) is 5.91 Å². The van der Waals surface area contributed by atoms with Crippen LogP contribution in [0.1, 0.15) is 38.5 Å². The molecule has 5 nitrogen and oxygen atoms in total. The van der Waals surface area contributed by atoms with Gasteiger partial charge < -0.3 is 19.7 Å². The molecule has 3 heterocycles. The first-order valence-corrected chi connectivity index (χ1v) is 8.41. The Morgan fingerprint density at radius 2 is 1.95 bits per heavy atom. The van der Waals surface area contributed by atoms with E-state index >= 15 is 0 Å². The molecule has 0 bridgehead atoms. The quantitative estimate of drug-likeness (QED) is 0.831. The van der Waals surface area contributed by atoms with E-state index < -0.39 is 0 Å². The minimum absolute atomic E-state index is 0.141. The molecule has 3 aliphatic heterocycles. The van der Waals surface area contributed by atoms with E-state index in [1.165, 1.54) is 0 Å². The van der Waals surface area contributed by atoms with E-state index in [1.807, 2.05) is 0 Å². The Morgan fingerprint density at radius 1 is 1.24 bits per heavy atom. The summed E-state index contributed by atoms with van der Waals surface area (Å²) in [5.41, 5.74) is -0.141. The third-order valence-corrected chi connectivity index (χ3v) is 5.48. The molecule has 0 aromatic rings. The van der Waals surface area contributed by atoms with Gasteiger partial charge in [0.15, 0.2) is 0 Å². The molecule has 0 aliphatic carbocycles. The molecule has 1 atom stereocenters. The molecular formula is C16H28N2O3. The van der Waals surface area contributed by atoms with Crippen LogP contribution in [0.4, 0.5) is 0 Å². The van der Waals surface area contributed by atoms with Crippen molar-refractivity contribution in [2.45, 2.75) is 50.2 Å². The number of amides is 1. The Balaban J connectivity index is 1.57. The van der Waals surface area contributed by atoms with Gasteiger partial charge in [0.25, 0.3) is 0 Å². The number of ether oxygens (including phenoxy) is 2. The Kier molecular flexibility index (Phi) is 4.82. The topological polar surface area (TPSA) is 50.8 Å². The zero-order valence-corrected chi connectivity index (χ0v) is 13.1. The van der Waals surface area contributed by atoms with Crippen LogP contribution in [0.15, 0.2) is 0 Å². The molecule has 3 rings (SSSR count). The lowest BCUT2D eigenvalue weighted by molar-refractivity contribution is -0.189. The minimum atomic E-state index is -0.141. The lowest BCUT2D eigenvalue weighted by Gasteiger charge is -2.48. The molecule has 5 heteroatoms. The van der Waals surface area contributed by atoms with Crippen LogP contribution >= 0.6 is 0 Å². The molecule has 1 N–H and O–H groups in total. The summed E-state index contributed by atoms with van der Waals surface area (Å²) in [6.07, 6.45) is 6.17. The van der Waals surface area contributed by atoms with E-state index in [4.69, 9.17) is 9.47 Å². The maximum absolute atomic E-state index is 12.6. The number of carbonyl (C=O) groups is 1. The highest BCUT2D eigenvalue weighted by molar-refractivity contribution is 5.79. The molecule has 0 aromatic heterocycles. The second kappa shape index (κ2) is 6.63. The van der Waals surface area contributed by atoms with E-state index in [2.05, 4.69) is 10.2 Å². The summed E-state index contributed by atoms with van der Waals surface area (Å²) < 4.78 is 11.8. The summed E-state index contributed by atoms with van der Waals surface area (Å²) in [5.74, 6) is 0.585. The van der Waals surface area contributed by atoms with Crippen LogP contribution in [0.2, 0.25) is 0 Å². The van der Waals surface area contributed by atoms with Gasteiger partial charge in [-0.2, -0.15) is 0 Å². The summed E-state index contributed by atoms with van der Waals surface area (Å²) in [6.45, 7) is 4.43. The van der Waals surface area contributed by atoms with Gasteiger partial charge >= 0.3 is 0 Å². The normalized spacial score (nSPS) is 30.5. The van der Waals surface area contributed by atoms with Gasteiger partial charge in [-0.25, -0.2) is 0 Å². The maximum Gasteiger partial charge on any atom is 0.225 e. The zero-order valence-electron chi connectivity index (χ0n) is 13.1. The van der Waals surface area contributed by atoms with Crippen molar-refractivity contribution >= 4 is 5.91 Å². The monoisotopic (exact) mass is 296 g/mol. The van der Waals surface area contributed by atoms with Crippen LogP contribution in [-0.4, -0.2) is 62.4 Å². The lowest BCUT2D eigenvalue weighted by atomic mass is 9.81. The van der Waals surface area contributed by atoms with Gasteiger partial charge in [-0.05, 0) is 51.6 Å². The fourth-order valence-corrected chi connectivity index (χ4v) is 4.13. The molecule has 0 radical (unpaired) electrons. The highest BCUT2D eigenvalue weighted by Gasteiger charge is 2.45. The minimum Gasteiger partial charge on any atom is -0.378 e. The molecule has 0 aromatic carbocycles. The standard InChI is InChI=1S/C16H28N2O3/c1-20-14-3-2-12-21-16(14)6-10-18(11-7-16)15(19)13-4-8-17-9-5-13/h13-14,17H,2-12H2,1H3. The predicted octanol–water partition coefficient (Wildman–Crippen LogP) is 1.17. The molecule has 0 saturated carbocycles. The van der Waals surface area contributed by atoms with Crippen molar-refractivity contribution in [3.8, 4) is 0 Å². The van der Waals surface area contributed by atoms with Gasteiger partial charge in [0.05, 0.1) is 11.7 Å². The second-order valence-electron chi connectivity index (χ2n) is 6.63. The van der Waals surface area contributed by atoms with Crippen LogP contribution in [0, 0.1) is 5.92 Å². The Morgan fingerprint density at radius 3 is 2.62 bits per heavy atom. The number of nitrogens with one attached hydrogen (secondary N) is 1. The lowest BCUT2D eigenvalue weighted by Crippen LogP contribution is -2.57. The van der Waals surface area contributed by atoms with Crippen molar-refractivity contribution in [1.82, 2.24) is 10.2 Å². The zero-order chi connectivity index (χ0) is 14.7. The van der Waals surface area contributed by atoms with E-state index in [0.717, 1.165) is 71.3 Å². The number of carbonyl (C=O) groups excluding carboxylic acids is 1. The van der Waals surface area contributed by atoms with E-state index in [-0.39, 0.29) is 17.6 Å². The van der Waals surface area contributed by atoms with Gasteiger partial charge in [0.2, 0.25) is 5.91 Å². The van der Waals surface area contributed by atoms with Crippen LogP contribution in [0.3, 0.4) is 0 Å². The molecule has 21 heavy (non-hydrogen) atoms. The number of hydrogen-bond acceptors (Lipinski definition) is 4. The van der Waals surface area contributed by atoms with Crippen LogP contribution in [0.5, 0.6) is 0 Å². The first-order valence-electron chi connectivity index (χ1n) is 8.41. The summed E-state index contributed by atoms with van der Waals surface area (Å²) in [6, 6.07) is 0. The summed E-state index contributed by atoms with van der Waals surface area (Å²) in [7, 11) is 1.79. The molecule has 1 unspecified atom stereocenters. The smallest absolute Gasteiger partial charge is 0.225 e. The predicted molar refractivity (Wildman–Crippen MR) is 80.1 cm³/mol. The van der Waals surface area contributed by atoms with Crippen LogP contribution in [0.25, 0.3) is 0 Å². The maximum atomic E-state index is 12.6. The molecule has 3 aliphatic rings. The van der Waals surface area contributed by atoms with Crippen molar-refractivity contribution in [3.63, 3.8) is 0 Å². The first kappa shape index (κ1) is 15.3. The molecule has 1 amide bonds. The Labute approximate surface area is 127 Å². The first-order chi connectivity index (χ1) is 10.2. The van der Waals surface area contributed by atoms with Crippen molar-refractivity contribution in [1.29, 1.82) is 0 Å². The largest absolute Gasteiger partial charge is 0.378 e. The van der Waals surface area contributed by atoms with Gasteiger partial charge in [0.1, 0.15) is 0 Å². The molecule has 3 fully saturated rings. The third-order valence-electron chi connectivity index (χ3n) is 5.48. The summed E-state index contributed by atoms with van der Waals surface area (Å²) >= 11 is 0. The SMILES string of the molecule is COC1CCCOC12CCN(C(=O)C1CCNCC1)CC2. The number of piperidine rings is 2. The fraction of sp³-hybridized carbons (Fsp3) is 0.938. The Bertz CT molecular complexity index is 361. The molecular weight excluding hydrogens is 268 g/mol. The average molecular weight is 296 g/mol. The van der Waals surface area contributed by atoms with Gasteiger partial charge in [-0.3, -0.25) is 4.79 Å². The second-order valence-corrected chi connectivity index (χ2v) is 6.63. The van der Waals surface area contributed by atoms with Gasteiger partial charge in [-0.1, -0.05) is 0 Å². The number of hydrogen-bond donors (Lipinski definition) is 1. The highest BCUT2D eigenvalue weighted by Crippen LogP contribution is 2.37. The third kappa shape index (κ3) is 3.10.